The molecular formula is C69H44Br2Ir2N4-4. The molecule has 2 radical (unpaired) electrons. The molecule has 8 heteroatoms. The van der Waals surface area contributed by atoms with Gasteiger partial charge in [-0.25, -0.2) is 0 Å². The fraction of sp³-hybridized carbons (Fsp3) is 0.0145. The van der Waals surface area contributed by atoms with Crippen LogP contribution in [0.5, 0.6) is 0 Å². The molecule has 13 rings (SSSR count). The van der Waals surface area contributed by atoms with Crippen molar-refractivity contribution in [1.29, 1.82) is 0 Å². The topological polar surface area (TPSA) is 51.6 Å². The predicted octanol–water partition coefficient (Wildman–Crippen LogP) is 17.7. The summed E-state index contributed by atoms with van der Waals surface area (Å²) < 4.78 is 2.11. The summed E-state index contributed by atoms with van der Waals surface area (Å²) in [6, 6.07) is 96.5. The van der Waals surface area contributed by atoms with Gasteiger partial charge < -0.3 is 19.9 Å². The second-order valence-corrected chi connectivity index (χ2v) is 19.5. The van der Waals surface area contributed by atoms with Gasteiger partial charge in [-0.05, 0) is 105 Å². The van der Waals surface area contributed by atoms with E-state index in [1.54, 1.807) is 12.4 Å². The standard InChI is InChI=1S/C47H28Br2N2.2C11H8N.2Ir/c48-39-23-25-41-42-26-24-40(49)30-44(42)47(43(41)29-39,37-19-15-33(16-20-37)31-7-11-35(12-8-31)45-5-1-3-27-50-45)38-21-17-34(18-22-38)32-9-13-36(14-10-32)46-6-2-4-28-51-46;2*1-2-6-10(7-3-1)11-8-4-5-9-12-11;;/h1-11,13,15-30H;2*1-6,8-9H;;/q-2;2*-1;;. The van der Waals surface area contributed by atoms with Crippen molar-refractivity contribution in [3.63, 3.8) is 0 Å². The van der Waals surface area contributed by atoms with Gasteiger partial charge >= 0.3 is 0 Å². The molecule has 1 aliphatic rings. The fourth-order valence-corrected chi connectivity index (χ4v) is 10.3. The summed E-state index contributed by atoms with van der Waals surface area (Å²) in [5, 5.41) is 0. The number of hydrogen-bond donors (Lipinski definition) is 0. The van der Waals surface area contributed by atoms with E-state index in [1.165, 1.54) is 33.4 Å². The van der Waals surface area contributed by atoms with Gasteiger partial charge in [-0.15, -0.1) is 131 Å². The number of benzene rings is 8. The van der Waals surface area contributed by atoms with Gasteiger partial charge in [0.05, 0.1) is 5.41 Å². The van der Waals surface area contributed by atoms with Gasteiger partial charge in [0, 0.05) is 73.9 Å². The SMILES string of the molecule is Brc1ccc2c(c1)C(c1ccc(-c3c[c-]c(-c4ccccn4)cc3)cc1)(c1ccc(-c3c[c-]c(-c4ccccn4)cc3)cc1)c1cc(Br)ccc1-2.[Ir].[Ir].[c-]1ccccc1-c1ccccn1.[c-]1ccccc1-c1ccccn1. The molecule has 1 aliphatic carbocycles. The van der Waals surface area contributed by atoms with Crippen molar-refractivity contribution in [1.82, 2.24) is 19.9 Å². The molecule has 0 saturated carbocycles. The first-order chi connectivity index (χ1) is 37.0. The first kappa shape index (κ1) is 54.4. The summed E-state index contributed by atoms with van der Waals surface area (Å²) in [6.45, 7) is 0. The molecule has 0 saturated heterocycles. The maximum Gasteiger partial charge on any atom is 0.0714 e. The van der Waals surface area contributed by atoms with Crippen molar-refractivity contribution < 1.29 is 40.2 Å². The first-order valence-corrected chi connectivity index (χ1v) is 26.0. The molecule has 77 heavy (non-hydrogen) atoms. The number of fused-ring (bicyclic) bond motifs is 3. The van der Waals surface area contributed by atoms with E-state index in [0.717, 1.165) is 76.2 Å². The van der Waals surface area contributed by atoms with E-state index in [4.69, 9.17) is 0 Å². The van der Waals surface area contributed by atoms with Crippen molar-refractivity contribution in [3.8, 4) is 78.4 Å². The average molecular weight is 1470 g/mol. The van der Waals surface area contributed by atoms with Crippen LogP contribution in [-0.4, -0.2) is 19.9 Å². The van der Waals surface area contributed by atoms with Crippen LogP contribution in [0.4, 0.5) is 0 Å². The molecule has 8 aromatic carbocycles. The Labute approximate surface area is 494 Å². The number of pyridine rings is 4. The maximum atomic E-state index is 4.49. The second kappa shape index (κ2) is 25.6. The van der Waals surface area contributed by atoms with E-state index in [-0.39, 0.29) is 40.2 Å². The van der Waals surface area contributed by atoms with Crippen LogP contribution in [0.1, 0.15) is 22.3 Å². The molecule has 4 heterocycles. The Hall–Kier alpha value is -7.38. The molecule has 0 spiro atoms. The molecule has 376 valence electrons. The Kier molecular flexibility index (Phi) is 18.1. The third kappa shape index (κ3) is 12.1. The zero-order valence-corrected chi connectivity index (χ0v) is 49.1. The van der Waals surface area contributed by atoms with Crippen LogP contribution in [0.25, 0.3) is 78.4 Å². The normalized spacial score (nSPS) is 11.4. The molecule has 0 aliphatic heterocycles. The van der Waals surface area contributed by atoms with Gasteiger partial charge in [-0.1, -0.05) is 163 Å². The quantitative estimate of drug-likeness (QED) is 0.142. The largest absolute Gasteiger partial charge is 0.305 e. The molecule has 0 bridgehead atoms. The smallest absolute Gasteiger partial charge is 0.0714 e. The van der Waals surface area contributed by atoms with E-state index >= 15 is 0 Å². The van der Waals surface area contributed by atoms with Gasteiger partial charge in [0.25, 0.3) is 0 Å². The second-order valence-electron chi connectivity index (χ2n) is 17.7. The predicted molar refractivity (Wildman–Crippen MR) is 311 cm³/mol. The monoisotopic (exact) mass is 1470 g/mol. The summed E-state index contributed by atoms with van der Waals surface area (Å²) in [6.07, 6.45) is 7.21. The summed E-state index contributed by atoms with van der Waals surface area (Å²) in [7, 11) is 0. The van der Waals surface area contributed by atoms with Gasteiger partial charge in [0.1, 0.15) is 0 Å². The summed E-state index contributed by atoms with van der Waals surface area (Å²) in [5.74, 6) is 0. The van der Waals surface area contributed by atoms with Crippen LogP contribution < -0.4 is 0 Å². The third-order valence-electron chi connectivity index (χ3n) is 13.2. The molecule has 12 aromatic rings. The van der Waals surface area contributed by atoms with Gasteiger partial charge in [-0.3, -0.25) is 0 Å². The van der Waals surface area contributed by atoms with E-state index < -0.39 is 5.41 Å². The number of halogens is 2. The van der Waals surface area contributed by atoms with E-state index in [1.807, 2.05) is 134 Å². The molecular weight excluding hydrogens is 1430 g/mol. The van der Waals surface area contributed by atoms with Crippen LogP contribution in [0.2, 0.25) is 0 Å². The molecule has 4 aromatic heterocycles. The number of rotatable bonds is 8. The molecule has 0 unspecified atom stereocenters. The molecule has 0 atom stereocenters. The van der Waals surface area contributed by atoms with Crippen molar-refractivity contribution in [2.45, 2.75) is 5.41 Å². The van der Waals surface area contributed by atoms with Crippen LogP contribution >= 0.6 is 31.9 Å². The minimum absolute atomic E-state index is 0. The van der Waals surface area contributed by atoms with Crippen molar-refractivity contribution in [3.05, 3.63) is 323 Å². The maximum absolute atomic E-state index is 4.49. The van der Waals surface area contributed by atoms with Gasteiger partial charge in [-0.2, -0.15) is 0 Å². The number of hydrogen-bond acceptors (Lipinski definition) is 4. The minimum Gasteiger partial charge on any atom is -0.305 e. The Morgan fingerprint density at radius 3 is 0.948 bits per heavy atom. The molecule has 4 nitrogen and oxygen atoms in total. The minimum atomic E-state index is -0.542. The summed E-state index contributed by atoms with van der Waals surface area (Å²) >= 11 is 7.65. The number of aromatic nitrogens is 4. The van der Waals surface area contributed by atoms with Crippen molar-refractivity contribution in [2.24, 2.45) is 0 Å². The Morgan fingerprint density at radius 2 is 0.649 bits per heavy atom. The first-order valence-electron chi connectivity index (χ1n) is 24.5. The molecule has 0 N–H and O–H groups in total. The summed E-state index contributed by atoms with van der Waals surface area (Å²) in [5.41, 5.74) is 19.2. The fourth-order valence-electron chi connectivity index (χ4n) is 9.60. The van der Waals surface area contributed by atoms with Crippen LogP contribution in [0.3, 0.4) is 0 Å². The number of nitrogens with zero attached hydrogens (tertiary/aromatic N) is 4. The average Bonchev–Trinajstić information content (AvgIpc) is 3.99. The van der Waals surface area contributed by atoms with Crippen LogP contribution in [-0.2, 0) is 45.6 Å². The zero-order chi connectivity index (χ0) is 50.8. The van der Waals surface area contributed by atoms with Gasteiger partial charge in [0.15, 0.2) is 0 Å². The Bertz CT molecular complexity index is 3450. The van der Waals surface area contributed by atoms with E-state index in [9.17, 15) is 0 Å². The van der Waals surface area contributed by atoms with Crippen molar-refractivity contribution >= 4 is 31.9 Å². The third-order valence-corrected chi connectivity index (χ3v) is 14.2. The molecule has 0 fully saturated rings. The summed E-state index contributed by atoms with van der Waals surface area (Å²) in [4.78, 5) is 17.4. The van der Waals surface area contributed by atoms with Crippen molar-refractivity contribution in [2.75, 3.05) is 0 Å². The Morgan fingerprint density at radius 1 is 0.312 bits per heavy atom. The van der Waals surface area contributed by atoms with E-state index in [2.05, 4.69) is 197 Å². The molecule has 0 amide bonds. The zero-order valence-electron chi connectivity index (χ0n) is 41.1. The van der Waals surface area contributed by atoms with E-state index in [0.29, 0.717) is 0 Å². The van der Waals surface area contributed by atoms with Gasteiger partial charge in [0.2, 0.25) is 0 Å². The van der Waals surface area contributed by atoms with Crippen LogP contribution in [0.15, 0.2) is 276 Å². The van der Waals surface area contributed by atoms with Crippen LogP contribution in [0, 0.1) is 24.3 Å². The Balaban J connectivity index is 0.000000227.